The van der Waals surface area contributed by atoms with Gasteiger partial charge in [0.15, 0.2) is 0 Å². The van der Waals surface area contributed by atoms with E-state index in [1.807, 2.05) is 5.32 Å². The summed E-state index contributed by atoms with van der Waals surface area (Å²) in [6.07, 6.45) is -1.02. The summed E-state index contributed by atoms with van der Waals surface area (Å²) in [4.78, 5) is 68.3. The predicted molar refractivity (Wildman–Crippen MR) is 96.4 cm³/mol. The molecule has 0 fully saturated rings. The molecule has 0 aromatic carbocycles. The van der Waals surface area contributed by atoms with Crippen LogP contribution in [-0.2, 0) is 28.8 Å². The normalized spacial score (nSPS) is 14.6. The molecular weight excluding hydrogens is 392 g/mol. The molecule has 8 N–H and O–H groups in total. The minimum atomic E-state index is -1.67. The first-order chi connectivity index (χ1) is 13.4. The third-order valence-electron chi connectivity index (χ3n) is 3.96. The molecule has 0 bridgehead atoms. The third-order valence-corrected chi connectivity index (χ3v) is 3.96. The van der Waals surface area contributed by atoms with Crippen LogP contribution in [0, 0.1) is 5.92 Å². The van der Waals surface area contributed by atoms with E-state index in [0.29, 0.717) is 6.42 Å². The van der Waals surface area contributed by atoms with Crippen LogP contribution in [0.4, 0.5) is 0 Å². The van der Waals surface area contributed by atoms with E-state index < -0.39 is 79.1 Å². The number of carbonyl (C=O) groups is 6. The number of rotatable bonds is 13. The molecule has 164 valence electrons. The van der Waals surface area contributed by atoms with E-state index in [0.717, 1.165) is 0 Å². The summed E-state index contributed by atoms with van der Waals surface area (Å²) < 4.78 is 0. The van der Waals surface area contributed by atoms with Crippen molar-refractivity contribution in [1.82, 2.24) is 16.0 Å². The van der Waals surface area contributed by atoms with Gasteiger partial charge in [-0.25, -0.2) is 4.79 Å². The van der Waals surface area contributed by atoms with E-state index in [4.69, 9.17) is 21.1 Å². The van der Waals surface area contributed by atoms with Gasteiger partial charge in [0, 0.05) is 0 Å². The highest BCUT2D eigenvalue weighted by Crippen LogP contribution is 2.08. The van der Waals surface area contributed by atoms with Crippen LogP contribution in [0.1, 0.15) is 33.1 Å². The predicted octanol–water partition coefficient (Wildman–Crippen LogP) is -2.52. The van der Waals surface area contributed by atoms with Crippen molar-refractivity contribution in [2.45, 2.75) is 51.2 Å². The molecule has 13 nitrogen and oxygen atoms in total. The van der Waals surface area contributed by atoms with Gasteiger partial charge in [0.25, 0.3) is 0 Å². The minimum Gasteiger partial charge on any atom is -0.481 e. The number of aliphatic carboxylic acids is 3. The van der Waals surface area contributed by atoms with Crippen molar-refractivity contribution in [3.05, 3.63) is 0 Å². The number of hydrogen-bond acceptors (Lipinski definition) is 7. The number of nitrogens with two attached hydrogens (primary N) is 1. The van der Waals surface area contributed by atoms with Gasteiger partial charge >= 0.3 is 17.9 Å². The van der Waals surface area contributed by atoms with Crippen LogP contribution in [0.3, 0.4) is 0 Å². The Morgan fingerprint density at radius 1 is 0.897 bits per heavy atom. The van der Waals surface area contributed by atoms with Crippen molar-refractivity contribution in [3.8, 4) is 0 Å². The Morgan fingerprint density at radius 3 is 1.90 bits per heavy atom. The first-order valence-electron chi connectivity index (χ1n) is 8.68. The lowest BCUT2D eigenvalue weighted by Crippen LogP contribution is -2.56. The van der Waals surface area contributed by atoms with Gasteiger partial charge in [-0.05, 0) is 5.92 Å². The molecule has 4 unspecified atom stereocenters. The molecule has 0 aromatic heterocycles. The number of carboxylic acid groups (broad SMARTS) is 3. The number of nitrogens with one attached hydrogen (secondary N) is 3. The van der Waals surface area contributed by atoms with Gasteiger partial charge in [0.05, 0.1) is 25.4 Å². The van der Waals surface area contributed by atoms with E-state index in [1.54, 1.807) is 13.8 Å². The standard InChI is InChI=1S/C16H26N4O9/c1-3-7(2)13(20-14(26)8(17)4-11(22)23)15(27)18-6-10(21)19-9(16(28)29)5-12(24)25/h7-9,13H,3-6,17H2,1-2H3,(H,18,27)(H,19,21)(H,20,26)(H,22,23)(H,24,25)(H,28,29). The molecule has 0 aliphatic heterocycles. The van der Waals surface area contributed by atoms with Gasteiger partial charge < -0.3 is 37.0 Å². The lowest BCUT2D eigenvalue weighted by Gasteiger charge is -2.24. The average molecular weight is 418 g/mol. The van der Waals surface area contributed by atoms with Crippen LogP contribution in [0.25, 0.3) is 0 Å². The maximum atomic E-state index is 12.4. The molecule has 0 saturated carbocycles. The van der Waals surface area contributed by atoms with E-state index >= 15 is 0 Å². The Bertz CT molecular complexity index is 652. The monoisotopic (exact) mass is 418 g/mol. The van der Waals surface area contributed by atoms with Crippen molar-refractivity contribution in [1.29, 1.82) is 0 Å². The van der Waals surface area contributed by atoms with Gasteiger partial charge in [-0.3, -0.25) is 24.0 Å². The fourth-order valence-corrected chi connectivity index (χ4v) is 2.14. The van der Waals surface area contributed by atoms with Gasteiger partial charge in [0.1, 0.15) is 12.1 Å². The number of carbonyl (C=O) groups excluding carboxylic acids is 3. The van der Waals surface area contributed by atoms with Crippen molar-refractivity contribution in [2.75, 3.05) is 6.54 Å². The summed E-state index contributed by atoms with van der Waals surface area (Å²) in [5, 5.41) is 32.7. The molecule has 0 aliphatic rings. The summed E-state index contributed by atoms with van der Waals surface area (Å²) in [7, 11) is 0. The molecule has 0 radical (unpaired) electrons. The SMILES string of the molecule is CCC(C)C(NC(=O)C(N)CC(=O)O)C(=O)NCC(=O)NC(CC(=O)O)C(=O)O. The molecule has 29 heavy (non-hydrogen) atoms. The first kappa shape index (κ1) is 25.8. The summed E-state index contributed by atoms with van der Waals surface area (Å²) in [6.45, 7) is 2.72. The van der Waals surface area contributed by atoms with E-state index in [1.165, 1.54) is 0 Å². The van der Waals surface area contributed by atoms with Crippen LogP contribution < -0.4 is 21.7 Å². The average Bonchev–Trinajstić information content (AvgIpc) is 2.61. The largest absolute Gasteiger partial charge is 0.481 e. The molecule has 4 atom stereocenters. The van der Waals surface area contributed by atoms with Crippen LogP contribution in [0.2, 0.25) is 0 Å². The molecule has 0 aromatic rings. The Morgan fingerprint density at radius 2 is 1.45 bits per heavy atom. The number of amides is 3. The summed E-state index contributed by atoms with van der Waals surface area (Å²) in [6, 6.07) is -4.16. The van der Waals surface area contributed by atoms with Crippen LogP contribution in [0.5, 0.6) is 0 Å². The summed E-state index contributed by atoms with van der Waals surface area (Å²) in [5.41, 5.74) is 5.46. The zero-order valence-corrected chi connectivity index (χ0v) is 16.0. The highest BCUT2D eigenvalue weighted by Gasteiger charge is 2.29. The van der Waals surface area contributed by atoms with Crippen molar-refractivity contribution < 1.29 is 44.1 Å². The second-order valence-corrected chi connectivity index (χ2v) is 6.35. The second kappa shape index (κ2) is 12.3. The lowest BCUT2D eigenvalue weighted by molar-refractivity contribution is -0.147. The highest BCUT2D eigenvalue weighted by atomic mass is 16.4. The maximum absolute atomic E-state index is 12.4. The highest BCUT2D eigenvalue weighted by molar-refractivity contribution is 5.94. The Kier molecular flexibility index (Phi) is 10.9. The smallest absolute Gasteiger partial charge is 0.326 e. The zero-order chi connectivity index (χ0) is 22.7. The molecule has 0 rings (SSSR count). The van der Waals surface area contributed by atoms with Crippen molar-refractivity contribution in [2.24, 2.45) is 11.7 Å². The van der Waals surface area contributed by atoms with Gasteiger partial charge in [-0.15, -0.1) is 0 Å². The Balaban J connectivity index is 4.92. The minimum absolute atomic E-state index is 0.391. The summed E-state index contributed by atoms with van der Waals surface area (Å²) in [5.74, 6) is -7.23. The van der Waals surface area contributed by atoms with Gasteiger partial charge in [-0.2, -0.15) is 0 Å². The molecule has 0 aliphatic carbocycles. The Labute approximate surface area is 166 Å². The van der Waals surface area contributed by atoms with Gasteiger partial charge in [0.2, 0.25) is 17.7 Å². The number of carboxylic acids is 3. The lowest BCUT2D eigenvalue weighted by atomic mass is 9.97. The molecular formula is C16H26N4O9. The van der Waals surface area contributed by atoms with Gasteiger partial charge in [-0.1, -0.05) is 20.3 Å². The molecule has 13 heteroatoms. The number of hydrogen-bond donors (Lipinski definition) is 7. The van der Waals surface area contributed by atoms with Crippen molar-refractivity contribution >= 4 is 35.6 Å². The second-order valence-electron chi connectivity index (χ2n) is 6.35. The van der Waals surface area contributed by atoms with Crippen LogP contribution in [0.15, 0.2) is 0 Å². The molecule has 0 saturated heterocycles. The van der Waals surface area contributed by atoms with E-state index in [9.17, 15) is 28.8 Å². The van der Waals surface area contributed by atoms with Crippen LogP contribution >= 0.6 is 0 Å². The van der Waals surface area contributed by atoms with E-state index in [-0.39, 0.29) is 0 Å². The third kappa shape index (κ3) is 10.0. The molecule has 0 heterocycles. The fourth-order valence-electron chi connectivity index (χ4n) is 2.14. The van der Waals surface area contributed by atoms with Crippen molar-refractivity contribution in [3.63, 3.8) is 0 Å². The first-order valence-corrected chi connectivity index (χ1v) is 8.68. The van der Waals surface area contributed by atoms with E-state index in [2.05, 4.69) is 10.6 Å². The molecule has 0 spiro atoms. The summed E-state index contributed by atoms with van der Waals surface area (Å²) >= 11 is 0. The molecule has 3 amide bonds. The van der Waals surface area contributed by atoms with Crippen LogP contribution in [-0.4, -0.2) is 75.6 Å². The maximum Gasteiger partial charge on any atom is 0.326 e. The Hall–Kier alpha value is -3.22. The fraction of sp³-hybridized carbons (Fsp3) is 0.625. The quantitative estimate of drug-likeness (QED) is 0.166. The topological polar surface area (TPSA) is 225 Å². The zero-order valence-electron chi connectivity index (χ0n) is 16.0.